The highest BCUT2D eigenvalue weighted by Gasteiger charge is 2.28. The van der Waals surface area contributed by atoms with Gasteiger partial charge in [-0.25, -0.2) is 4.39 Å². The average molecular weight is 314 g/mol. The van der Waals surface area contributed by atoms with Crippen LogP contribution in [-0.4, -0.2) is 17.5 Å². The molecule has 3 rings (SSSR count). The van der Waals surface area contributed by atoms with Gasteiger partial charge in [-0.2, -0.15) is 0 Å². The SMILES string of the molecule is CCCCOc1ccc2c(c1)NC(=O)C[C@@H]2c1ccncc1F. The molecule has 1 aliphatic rings. The largest absolute Gasteiger partial charge is 0.494 e. The lowest BCUT2D eigenvalue weighted by molar-refractivity contribution is -0.116. The molecule has 1 aliphatic heterocycles. The second-order valence-electron chi connectivity index (χ2n) is 5.65. The Kier molecular flexibility index (Phi) is 4.55. The Morgan fingerprint density at radius 2 is 2.22 bits per heavy atom. The van der Waals surface area contributed by atoms with Crippen molar-refractivity contribution in [1.82, 2.24) is 4.98 Å². The van der Waals surface area contributed by atoms with Gasteiger partial charge in [-0.3, -0.25) is 9.78 Å². The van der Waals surface area contributed by atoms with Crippen LogP contribution < -0.4 is 10.1 Å². The van der Waals surface area contributed by atoms with E-state index in [1.165, 1.54) is 6.20 Å². The summed E-state index contributed by atoms with van der Waals surface area (Å²) in [5.41, 5.74) is 2.09. The van der Waals surface area contributed by atoms with Gasteiger partial charge < -0.3 is 10.1 Å². The number of nitrogens with one attached hydrogen (secondary N) is 1. The Morgan fingerprint density at radius 3 is 3.00 bits per heavy atom. The molecular formula is C18H19FN2O2. The number of fused-ring (bicyclic) bond motifs is 1. The third-order valence-corrected chi connectivity index (χ3v) is 4.01. The molecule has 120 valence electrons. The number of benzene rings is 1. The van der Waals surface area contributed by atoms with E-state index in [2.05, 4.69) is 17.2 Å². The number of ether oxygens (including phenoxy) is 1. The maximum atomic E-state index is 14.1. The van der Waals surface area contributed by atoms with Crippen LogP contribution >= 0.6 is 0 Å². The Hall–Kier alpha value is -2.43. The quantitative estimate of drug-likeness (QED) is 0.852. The smallest absolute Gasteiger partial charge is 0.225 e. The van der Waals surface area contributed by atoms with E-state index < -0.39 is 0 Å². The molecule has 0 spiro atoms. The maximum Gasteiger partial charge on any atom is 0.225 e. The highest BCUT2D eigenvalue weighted by Crippen LogP contribution is 2.39. The molecule has 5 heteroatoms. The van der Waals surface area contributed by atoms with E-state index in [0.717, 1.165) is 18.4 Å². The molecule has 0 saturated heterocycles. The zero-order valence-corrected chi connectivity index (χ0v) is 13.0. The highest BCUT2D eigenvalue weighted by atomic mass is 19.1. The van der Waals surface area contributed by atoms with Crippen LogP contribution in [0.25, 0.3) is 0 Å². The van der Waals surface area contributed by atoms with E-state index in [1.54, 1.807) is 12.3 Å². The lowest BCUT2D eigenvalue weighted by atomic mass is 9.85. The summed E-state index contributed by atoms with van der Waals surface area (Å²) in [7, 11) is 0. The number of pyridine rings is 1. The summed E-state index contributed by atoms with van der Waals surface area (Å²) in [5, 5.41) is 2.85. The zero-order chi connectivity index (χ0) is 16.2. The van der Waals surface area contributed by atoms with Crippen molar-refractivity contribution in [2.75, 3.05) is 11.9 Å². The van der Waals surface area contributed by atoms with E-state index in [-0.39, 0.29) is 24.1 Å². The molecule has 4 nitrogen and oxygen atoms in total. The molecule has 23 heavy (non-hydrogen) atoms. The number of amides is 1. The number of hydrogen-bond acceptors (Lipinski definition) is 3. The van der Waals surface area contributed by atoms with Crippen LogP contribution in [0.5, 0.6) is 5.75 Å². The summed E-state index contributed by atoms with van der Waals surface area (Å²) in [6.45, 7) is 2.75. The summed E-state index contributed by atoms with van der Waals surface area (Å²) in [6, 6.07) is 7.22. The van der Waals surface area contributed by atoms with Gasteiger partial charge in [0.05, 0.1) is 12.8 Å². The Labute approximate surface area is 134 Å². The number of anilines is 1. The molecule has 0 radical (unpaired) electrons. The third kappa shape index (κ3) is 3.33. The molecule has 0 unspecified atom stereocenters. The Balaban J connectivity index is 1.92. The molecule has 0 aliphatic carbocycles. The minimum atomic E-state index is -0.388. The summed E-state index contributed by atoms with van der Waals surface area (Å²) >= 11 is 0. The van der Waals surface area contributed by atoms with Gasteiger partial charge in [-0.1, -0.05) is 19.4 Å². The van der Waals surface area contributed by atoms with Gasteiger partial charge >= 0.3 is 0 Å². The number of halogens is 1. The fraction of sp³-hybridized carbons (Fsp3) is 0.333. The van der Waals surface area contributed by atoms with Gasteiger partial charge in [0.15, 0.2) is 0 Å². The fourth-order valence-electron chi connectivity index (χ4n) is 2.81. The number of rotatable bonds is 5. The van der Waals surface area contributed by atoms with Crippen LogP contribution in [0.2, 0.25) is 0 Å². The molecular weight excluding hydrogens is 295 g/mol. The van der Waals surface area contributed by atoms with E-state index in [0.29, 0.717) is 23.6 Å². The molecule has 1 atom stereocenters. The van der Waals surface area contributed by atoms with Gasteiger partial charge in [0.2, 0.25) is 5.91 Å². The van der Waals surface area contributed by atoms with Crippen LogP contribution in [0.15, 0.2) is 36.7 Å². The molecule has 2 aromatic rings. The minimum Gasteiger partial charge on any atom is -0.494 e. The van der Waals surface area contributed by atoms with Crippen LogP contribution in [0.3, 0.4) is 0 Å². The van der Waals surface area contributed by atoms with Crippen molar-refractivity contribution >= 4 is 11.6 Å². The molecule has 1 amide bonds. The van der Waals surface area contributed by atoms with Gasteiger partial charge in [0.25, 0.3) is 0 Å². The molecule has 0 saturated carbocycles. The standard InChI is InChI=1S/C18H19FN2O2/c1-2-3-8-23-12-4-5-14-15(10-18(22)21-17(14)9-12)13-6-7-20-11-16(13)19/h4-7,9,11,15H,2-3,8,10H2,1H3,(H,21,22)/t15-/m1/s1. The van der Waals surface area contributed by atoms with E-state index in [9.17, 15) is 9.18 Å². The van der Waals surface area contributed by atoms with Crippen LogP contribution in [0, 0.1) is 5.82 Å². The number of unbranched alkanes of at least 4 members (excludes halogenated alkanes) is 1. The fourth-order valence-corrected chi connectivity index (χ4v) is 2.81. The van der Waals surface area contributed by atoms with E-state index in [1.807, 2.05) is 18.2 Å². The Bertz CT molecular complexity index is 718. The molecule has 0 fully saturated rings. The molecule has 1 N–H and O–H groups in total. The zero-order valence-electron chi connectivity index (χ0n) is 13.0. The lowest BCUT2D eigenvalue weighted by Crippen LogP contribution is -2.24. The van der Waals surface area contributed by atoms with Crippen LogP contribution in [0.4, 0.5) is 10.1 Å². The molecule has 2 heterocycles. The van der Waals surface area contributed by atoms with Crippen molar-refractivity contribution in [3.05, 3.63) is 53.6 Å². The number of aromatic nitrogens is 1. The summed E-state index contributed by atoms with van der Waals surface area (Å²) in [4.78, 5) is 15.8. The molecule has 1 aromatic carbocycles. The highest BCUT2D eigenvalue weighted by molar-refractivity contribution is 5.95. The maximum absolute atomic E-state index is 14.1. The first-order valence-electron chi connectivity index (χ1n) is 7.85. The van der Waals surface area contributed by atoms with Crippen molar-refractivity contribution in [3.63, 3.8) is 0 Å². The van der Waals surface area contributed by atoms with Crippen molar-refractivity contribution < 1.29 is 13.9 Å². The van der Waals surface area contributed by atoms with Crippen LogP contribution in [-0.2, 0) is 4.79 Å². The first kappa shape index (κ1) is 15.5. The van der Waals surface area contributed by atoms with E-state index >= 15 is 0 Å². The van der Waals surface area contributed by atoms with Crippen LogP contribution in [0.1, 0.15) is 43.2 Å². The minimum absolute atomic E-state index is 0.121. The molecule has 0 bridgehead atoms. The monoisotopic (exact) mass is 314 g/mol. The number of nitrogens with zero attached hydrogens (tertiary/aromatic N) is 1. The average Bonchev–Trinajstić information content (AvgIpc) is 2.54. The number of carbonyl (C=O) groups excluding carboxylic acids is 1. The van der Waals surface area contributed by atoms with Crippen molar-refractivity contribution in [2.24, 2.45) is 0 Å². The second-order valence-corrected chi connectivity index (χ2v) is 5.65. The van der Waals surface area contributed by atoms with Gasteiger partial charge in [0.1, 0.15) is 11.6 Å². The van der Waals surface area contributed by atoms with Crippen molar-refractivity contribution in [3.8, 4) is 5.75 Å². The Morgan fingerprint density at radius 1 is 1.35 bits per heavy atom. The van der Waals surface area contributed by atoms with Crippen molar-refractivity contribution in [1.29, 1.82) is 0 Å². The second kappa shape index (κ2) is 6.77. The van der Waals surface area contributed by atoms with Gasteiger partial charge in [-0.05, 0) is 29.7 Å². The predicted octanol–water partition coefficient (Wildman–Crippen LogP) is 3.87. The molecule has 1 aromatic heterocycles. The third-order valence-electron chi connectivity index (χ3n) is 4.01. The van der Waals surface area contributed by atoms with Crippen molar-refractivity contribution in [2.45, 2.75) is 32.1 Å². The van der Waals surface area contributed by atoms with Gasteiger partial charge in [0, 0.05) is 30.3 Å². The summed E-state index contributed by atoms with van der Waals surface area (Å²) in [5.74, 6) is -0.0920. The topological polar surface area (TPSA) is 51.2 Å². The predicted molar refractivity (Wildman–Crippen MR) is 86.1 cm³/mol. The first-order chi connectivity index (χ1) is 11.2. The number of hydrogen-bond donors (Lipinski definition) is 1. The number of carbonyl (C=O) groups is 1. The summed E-state index contributed by atoms with van der Waals surface area (Å²) in [6.07, 6.45) is 5.00. The lowest BCUT2D eigenvalue weighted by Gasteiger charge is -2.26. The normalized spacial score (nSPS) is 16.6. The van der Waals surface area contributed by atoms with Gasteiger partial charge in [-0.15, -0.1) is 0 Å². The first-order valence-corrected chi connectivity index (χ1v) is 7.85. The van der Waals surface area contributed by atoms with E-state index in [4.69, 9.17) is 4.74 Å². The summed E-state index contributed by atoms with van der Waals surface area (Å²) < 4.78 is 19.7.